The Bertz CT molecular complexity index is 948. The first-order chi connectivity index (χ1) is 13.5. The van der Waals surface area contributed by atoms with Gasteiger partial charge in [0.15, 0.2) is 0 Å². The summed E-state index contributed by atoms with van der Waals surface area (Å²) in [5.74, 6) is 1.09. The Labute approximate surface area is 172 Å². The average Bonchev–Trinajstić information content (AvgIpc) is 3.20. The van der Waals surface area contributed by atoms with E-state index in [1.54, 1.807) is 42.1 Å². The standard InChI is InChI=1S/C18H20N4O3S3/c1-2-15(27-18-20-11-12-26-18)17(23)21-13-6-8-14(9-7-13)28(24,25)22-16-5-3-4-10-19-16/h3-10,15H,2,11-12H2,1H3,(H,19,22)(H,21,23). The van der Waals surface area contributed by atoms with E-state index in [1.807, 2.05) is 6.92 Å². The number of hydrogen-bond donors (Lipinski definition) is 2. The number of hydrogen-bond acceptors (Lipinski definition) is 7. The van der Waals surface area contributed by atoms with Crippen molar-refractivity contribution in [3.05, 3.63) is 48.7 Å². The molecule has 148 valence electrons. The minimum absolute atomic E-state index is 0.0919. The number of aliphatic imine (C=N–C) groups is 1. The van der Waals surface area contributed by atoms with Crippen LogP contribution >= 0.6 is 23.5 Å². The Hall–Kier alpha value is -2.04. The van der Waals surface area contributed by atoms with Crippen LogP contribution in [0.15, 0.2) is 58.5 Å². The van der Waals surface area contributed by atoms with Crippen molar-refractivity contribution in [1.82, 2.24) is 4.98 Å². The molecule has 1 amide bonds. The van der Waals surface area contributed by atoms with E-state index in [0.717, 1.165) is 16.7 Å². The number of rotatable bonds is 7. The summed E-state index contributed by atoms with van der Waals surface area (Å²) in [6, 6.07) is 11.0. The maximum absolute atomic E-state index is 12.5. The Balaban J connectivity index is 1.64. The molecule has 0 saturated carbocycles. The van der Waals surface area contributed by atoms with E-state index in [0.29, 0.717) is 12.1 Å². The van der Waals surface area contributed by atoms with Gasteiger partial charge in [-0.3, -0.25) is 14.5 Å². The molecule has 0 aliphatic carbocycles. The largest absolute Gasteiger partial charge is 0.325 e. The lowest BCUT2D eigenvalue weighted by Gasteiger charge is -2.14. The Morgan fingerprint density at radius 3 is 2.64 bits per heavy atom. The zero-order valence-corrected chi connectivity index (χ0v) is 17.6. The van der Waals surface area contributed by atoms with Gasteiger partial charge in [-0.25, -0.2) is 13.4 Å². The minimum Gasteiger partial charge on any atom is -0.325 e. The topological polar surface area (TPSA) is 101 Å². The van der Waals surface area contributed by atoms with E-state index in [4.69, 9.17) is 0 Å². The number of nitrogens with one attached hydrogen (secondary N) is 2. The molecule has 3 rings (SSSR count). The van der Waals surface area contributed by atoms with Crippen LogP contribution in [0.5, 0.6) is 0 Å². The van der Waals surface area contributed by atoms with Crippen molar-refractivity contribution in [2.75, 3.05) is 22.3 Å². The van der Waals surface area contributed by atoms with E-state index in [2.05, 4.69) is 20.0 Å². The molecule has 0 saturated heterocycles. The molecule has 1 unspecified atom stereocenters. The van der Waals surface area contributed by atoms with Crippen LogP contribution in [-0.4, -0.2) is 41.2 Å². The number of sulfonamides is 1. The van der Waals surface area contributed by atoms with Crippen LogP contribution in [0.25, 0.3) is 0 Å². The predicted octanol–water partition coefficient (Wildman–Crippen LogP) is 3.44. The lowest BCUT2D eigenvalue weighted by atomic mass is 10.3. The highest BCUT2D eigenvalue weighted by Crippen LogP contribution is 2.28. The number of aromatic nitrogens is 1. The number of carbonyl (C=O) groups is 1. The third kappa shape index (κ3) is 5.49. The number of pyridine rings is 1. The van der Waals surface area contributed by atoms with Crippen LogP contribution in [0, 0.1) is 0 Å². The van der Waals surface area contributed by atoms with E-state index in [9.17, 15) is 13.2 Å². The third-order valence-electron chi connectivity index (χ3n) is 3.80. The van der Waals surface area contributed by atoms with Crippen LogP contribution in [0.4, 0.5) is 11.5 Å². The van der Waals surface area contributed by atoms with Crippen molar-refractivity contribution in [3.8, 4) is 0 Å². The molecule has 1 aliphatic rings. The first-order valence-corrected chi connectivity index (χ1v) is 12.0. The summed E-state index contributed by atoms with van der Waals surface area (Å²) in [4.78, 5) is 20.9. The lowest BCUT2D eigenvalue weighted by Crippen LogP contribution is -2.25. The van der Waals surface area contributed by atoms with Gasteiger partial charge in [0, 0.05) is 17.6 Å². The van der Waals surface area contributed by atoms with Gasteiger partial charge < -0.3 is 5.32 Å². The monoisotopic (exact) mass is 436 g/mol. The van der Waals surface area contributed by atoms with Crippen molar-refractivity contribution < 1.29 is 13.2 Å². The molecule has 2 heterocycles. The van der Waals surface area contributed by atoms with E-state index < -0.39 is 10.0 Å². The molecular weight excluding hydrogens is 416 g/mol. The number of benzene rings is 1. The first kappa shape index (κ1) is 20.7. The second kappa shape index (κ2) is 9.44. The van der Waals surface area contributed by atoms with Gasteiger partial charge in [-0.1, -0.05) is 36.5 Å². The molecule has 10 heteroatoms. The highest BCUT2D eigenvalue weighted by molar-refractivity contribution is 8.39. The summed E-state index contributed by atoms with van der Waals surface area (Å²) in [5.41, 5.74) is 0.543. The van der Waals surface area contributed by atoms with Crippen LogP contribution in [0.2, 0.25) is 0 Å². The van der Waals surface area contributed by atoms with Crippen LogP contribution in [0.1, 0.15) is 13.3 Å². The average molecular weight is 437 g/mol. The van der Waals surface area contributed by atoms with Gasteiger partial charge in [0.2, 0.25) is 5.91 Å². The van der Waals surface area contributed by atoms with Gasteiger partial charge in [0.1, 0.15) is 10.2 Å². The zero-order valence-electron chi connectivity index (χ0n) is 15.2. The van der Waals surface area contributed by atoms with Gasteiger partial charge in [0.25, 0.3) is 10.0 Å². The second-order valence-electron chi connectivity index (χ2n) is 5.84. The third-order valence-corrected chi connectivity index (χ3v) is 7.74. The van der Waals surface area contributed by atoms with Gasteiger partial charge in [-0.2, -0.15) is 0 Å². The smallest absolute Gasteiger partial charge is 0.263 e. The summed E-state index contributed by atoms with van der Waals surface area (Å²) in [6.07, 6.45) is 2.19. The maximum Gasteiger partial charge on any atom is 0.263 e. The maximum atomic E-state index is 12.5. The number of thioether (sulfide) groups is 2. The molecular formula is C18H20N4O3S3. The number of amides is 1. The van der Waals surface area contributed by atoms with Crippen LogP contribution < -0.4 is 10.0 Å². The summed E-state index contributed by atoms with van der Waals surface area (Å²) in [7, 11) is -3.74. The van der Waals surface area contributed by atoms with Gasteiger partial charge in [-0.15, -0.1) is 0 Å². The fourth-order valence-corrected chi connectivity index (χ4v) is 5.55. The highest BCUT2D eigenvalue weighted by Gasteiger charge is 2.22. The quantitative estimate of drug-likeness (QED) is 0.690. The van der Waals surface area contributed by atoms with E-state index >= 15 is 0 Å². The Morgan fingerprint density at radius 2 is 2.04 bits per heavy atom. The number of anilines is 2. The van der Waals surface area contributed by atoms with E-state index in [-0.39, 0.29) is 21.9 Å². The molecule has 0 spiro atoms. The summed E-state index contributed by atoms with van der Waals surface area (Å²) in [5, 5.41) is 2.61. The molecule has 0 fully saturated rings. The molecule has 7 nitrogen and oxygen atoms in total. The van der Waals surface area contributed by atoms with Crippen LogP contribution in [-0.2, 0) is 14.8 Å². The Kier molecular flexibility index (Phi) is 6.97. The molecule has 2 N–H and O–H groups in total. The van der Waals surface area contributed by atoms with Crippen LogP contribution in [0.3, 0.4) is 0 Å². The number of carbonyl (C=O) groups excluding carboxylic acids is 1. The lowest BCUT2D eigenvalue weighted by molar-refractivity contribution is -0.115. The van der Waals surface area contributed by atoms with Gasteiger partial charge >= 0.3 is 0 Å². The van der Waals surface area contributed by atoms with Crippen molar-refractivity contribution in [1.29, 1.82) is 0 Å². The fraction of sp³-hybridized carbons (Fsp3) is 0.278. The predicted molar refractivity (Wildman–Crippen MR) is 117 cm³/mol. The summed E-state index contributed by atoms with van der Waals surface area (Å²) >= 11 is 3.15. The van der Waals surface area contributed by atoms with Gasteiger partial charge in [-0.05, 0) is 42.8 Å². The normalized spacial score (nSPS) is 15.0. The fourth-order valence-electron chi connectivity index (χ4n) is 2.39. The first-order valence-electron chi connectivity index (χ1n) is 8.66. The van der Waals surface area contributed by atoms with Crippen molar-refractivity contribution in [2.45, 2.75) is 23.5 Å². The minimum atomic E-state index is -3.74. The summed E-state index contributed by atoms with van der Waals surface area (Å²) < 4.78 is 28.2. The summed E-state index contributed by atoms with van der Waals surface area (Å²) in [6.45, 7) is 2.75. The highest BCUT2D eigenvalue weighted by atomic mass is 32.2. The molecule has 1 aliphatic heterocycles. The molecule has 1 aromatic heterocycles. The van der Waals surface area contributed by atoms with Gasteiger partial charge in [0.05, 0.1) is 16.7 Å². The SMILES string of the molecule is CCC(SC1=NCCS1)C(=O)Nc1ccc(S(=O)(=O)Nc2ccccn2)cc1. The molecule has 28 heavy (non-hydrogen) atoms. The zero-order chi connectivity index (χ0) is 20.0. The Morgan fingerprint density at radius 1 is 1.25 bits per heavy atom. The second-order valence-corrected chi connectivity index (χ2v) is 10.1. The van der Waals surface area contributed by atoms with Crippen molar-refractivity contribution >= 4 is 55.3 Å². The molecule has 0 bridgehead atoms. The van der Waals surface area contributed by atoms with Crippen molar-refractivity contribution in [3.63, 3.8) is 0 Å². The van der Waals surface area contributed by atoms with Crippen molar-refractivity contribution in [2.24, 2.45) is 4.99 Å². The number of nitrogens with zero attached hydrogens (tertiary/aromatic N) is 2. The molecule has 2 aromatic rings. The molecule has 1 aromatic carbocycles. The van der Waals surface area contributed by atoms with E-state index in [1.165, 1.54) is 30.1 Å². The molecule has 1 atom stereocenters. The molecule has 0 radical (unpaired) electrons.